The summed E-state index contributed by atoms with van der Waals surface area (Å²) in [5, 5.41) is 9.38. The number of fused-ring (bicyclic) bond motifs is 2. The Labute approximate surface area is 178 Å². The average molecular weight is 426 g/mol. The number of hydrogen-bond donors (Lipinski definition) is 0. The second-order valence-electron chi connectivity index (χ2n) is 7.50. The highest BCUT2D eigenvalue weighted by atomic mass is 35.5. The largest absolute Gasteiger partial charge is 0.350 e. The van der Waals surface area contributed by atoms with Gasteiger partial charge in [0.1, 0.15) is 29.2 Å². The predicted molar refractivity (Wildman–Crippen MR) is 113 cm³/mol. The van der Waals surface area contributed by atoms with Crippen LogP contribution < -0.4 is 4.90 Å². The van der Waals surface area contributed by atoms with Gasteiger partial charge in [0.05, 0.1) is 10.7 Å². The Hall–Kier alpha value is -3.00. The zero-order valence-corrected chi connectivity index (χ0v) is 17.8. The van der Waals surface area contributed by atoms with Gasteiger partial charge in [0.25, 0.3) is 0 Å². The Morgan fingerprint density at radius 1 is 1.27 bits per heavy atom. The minimum Gasteiger partial charge on any atom is -0.350 e. The summed E-state index contributed by atoms with van der Waals surface area (Å²) in [7, 11) is 2.01. The van der Waals surface area contributed by atoms with E-state index in [9.17, 15) is 4.39 Å². The summed E-state index contributed by atoms with van der Waals surface area (Å²) < 4.78 is 17.4. The fourth-order valence-corrected chi connectivity index (χ4v) is 4.55. The van der Waals surface area contributed by atoms with Gasteiger partial charge in [0.15, 0.2) is 5.82 Å². The van der Waals surface area contributed by atoms with Gasteiger partial charge in [-0.15, -0.1) is 0 Å². The SMILES string of the molecule is CCc1nn(C)c2c1CN(c1ncnn3c(C)nc(-c4ccc(F)cc4Cl)c13)CC2. The molecule has 3 aromatic heterocycles. The van der Waals surface area contributed by atoms with E-state index >= 15 is 0 Å². The van der Waals surface area contributed by atoms with E-state index in [0.29, 0.717) is 16.3 Å². The fraction of sp³-hybridized carbons (Fsp3) is 0.333. The molecule has 0 bridgehead atoms. The third kappa shape index (κ3) is 2.86. The normalized spacial score (nSPS) is 13.8. The van der Waals surface area contributed by atoms with Crippen LogP contribution in [0.25, 0.3) is 16.8 Å². The average Bonchev–Trinajstić information content (AvgIpc) is 3.24. The van der Waals surface area contributed by atoms with Gasteiger partial charge in [-0.1, -0.05) is 18.5 Å². The molecule has 1 aliphatic heterocycles. The number of aromatic nitrogens is 6. The molecule has 0 unspecified atom stereocenters. The summed E-state index contributed by atoms with van der Waals surface area (Å²) in [6, 6.07) is 4.35. The van der Waals surface area contributed by atoms with Crippen LogP contribution >= 0.6 is 11.6 Å². The van der Waals surface area contributed by atoms with Crippen molar-refractivity contribution in [2.24, 2.45) is 7.05 Å². The van der Waals surface area contributed by atoms with Crippen molar-refractivity contribution < 1.29 is 4.39 Å². The van der Waals surface area contributed by atoms with E-state index in [2.05, 4.69) is 27.0 Å². The molecule has 1 aromatic carbocycles. The second-order valence-corrected chi connectivity index (χ2v) is 7.90. The van der Waals surface area contributed by atoms with E-state index in [0.717, 1.165) is 48.8 Å². The van der Waals surface area contributed by atoms with Crippen molar-refractivity contribution in [2.45, 2.75) is 33.2 Å². The van der Waals surface area contributed by atoms with E-state index in [1.807, 2.05) is 18.7 Å². The highest BCUT2D eigenvalue weighted by Gasteiger charge is 2.27. The summed E-state index contributed by atoms with van der Waals surface area (Å²) in [6.45, 7) is 5.54. The van der Waals surface area contributed by atoms with Crippen LogP contribution in [0.3, 0.4) is 0 Å². The van der Waals surface area contributed by atoms with Crippen LogP contribution in [0.2, 0.25) is 5.02 Å². The van der Waals surface area contributed by atoms with Gasteiger partial charge in [0.2, 0.25) is 0 Å². The molecule has 0 spiro atoms. The number of hydrogen-bond acceptors (Lipinski definition) is 5. The molecule has 5 rings (SSSR count). The monoisotopic (exact) mass is 425 g/mol. The molecule has 0 aliphatic carbocycles. The molecule has 0 atom stereocenters. The predicted octanol–water partition coefficient (Wildman–Crippen LogP) is 3.75. The molecule has 9 heteroatoms. The first-order valence-corrected chi connectivity index (χ1v) is 10.3. The Bertz CT molecular complexity index is 1280. The van der Waals surface area contributed by atoms with Crippen LogP contribution in [0.4, 0.5) is 10.2 Å². The van der Waals surface area contributed by atoms with E-state index in [4.69, 9.17) is 16.6 Å². The lowest BCUT2D eigenvalue weighted by Gasteiger charge is -2.29. The maximum atomic E-state index is 13.6. The Morgan fingerprint density at radius 2 is 2.10 bits per heavy atom. The summed E-state index contributed by atoms with van der Waals surface area (Å²) in [6.07, 6.45) is 3.32. The van der Waals surface area contributed by atoms with Crippen molar-refractivity contribution in [3.05, 3.63) is 58.1 Å². The highest BCUT2D eigenvalue weighted by molar-refractivity contribution is 6.33. The molecular formula is C21H21ClFN7. The van der Waals surface area contributed by atoms with Crippen LogP contribution in [0.5, 0.6) is 0 Å². The summed E-state index contributed by atoms with van der Waals surface area (Å²) in [4.78, 5) is 11.6. The first-order chi connectivity index (χ1) is 14.5. The Kier molecular flexibility index (Phi) is 4.47. The zero-order chi connectivity index (χ0) is 21.0. The van der Waals surface area contributed by atoms with Crippen molar-refractivity contribution in [1.29, 1.82) is 0 Å². The molecule has 7 nitrogen and oxygen atoms in total. The van der Waals surface area contributed by atoms with Gasteiger partial charge < -0.3 is 4.90 Å². The van der Waals surface area contributed by atoms with Gasteiger partial charge in [0, 0.05) is 43.4 Å². The number of nitrogens with zero attached hydrogens (tertiary/aromatic N) is 7. The molecule has 1 aliphatic rings. The molecule has 0 saturated carbocycles. The molecule has 0 amide bonds. The zero-order valence-electron chi connectivity index (χ0n) is 17.0. The van der Waals surface area contributed by atoms with Gasteiger partial charge in [-0.3, -0.25) is 4.68 Å². The van der Waals surface area contributed by atoms with E-state index in [1.165, 1.54) is 23.4 Å². The van der Waals surface area contributed by atoms with Crippen LogP contribution in [-0.4, -0.2) is 35.9 Å². The Balaban J connectivity index is 1.67. The number of imidazole rings is 1. The van der Waals surface area contributed by atoms with E-state index < -0.39 is 0 Å². The minimum atomic E-state index is -0.382. The van der Waals surface area contributed by atoms with Crippen molar-refractivity contribution in [3.8, 4) is 11.3 Å². The second kappa shape index (κ2) is 7.05. The maximum absolute atomic E-state index is 13.6. The van der Waals surface area contributed by atoms with Crippen LogP contribution in [-0.2, 0) is 26.4 Å². The van der Waals surface area contributed by atoms with E-state index in [-0.39, 0.29) is 5.82 Å². The first-order valence-electron chi connectivity index (χ1n) is 9.92. The van der Waals surface area contributed by atoms with Gasteiger partial charge in [-0.05, 0) is 31.5 Å². The van der Waals surface area contributed by atoms with Crippen LogP contribution in [0.1, 0.15) is 29.7 Å². The third-order valence-electron chi connectivity index (χ3n) is 5.72. The molecular weight excluding hydrogens is 405 g/mol. The number of aryl methyl sites for hydroxylation is 3. The van der Waals surface area contributed by atoms with Gasteiger partial charge in [-0.2, -0.15) is 10.2 Å². The van der Waals surface area contributed by atoms with Crippen molar-refractivity contribution in [2.75, 3.05) is 11.4 Å². The molecule has 30 heavy (non-hydrogen) atoms. The number of halogens is 2. The number of anilines is 1. The number of rotatable bonds is 3. The van der Waals surface area contributed by atoms with E-state index in [1.54, 1.807) is 16.9 Å². The van der Waals surface area contributed by atoms with Crippen molar-refractivity contribution >= 4 is 22.9 Å². The first kappa shape index (κ1) is 19.0. The lowest BCUT2D eigenvalue weighted by molar-refractivity contribution is 0.628. The van der Waals surface area contributed by atoms with Gasteiger partial charge >= 0.3 is 0 Å². The molecule has 0 fully saturated rings. The lowest BCUT2D eigenvalue weighted by atomic mass is 10.0. The smallest absolute Gasteiger partial charge is 0.159 e. The van der Waals surface area contributed by atoms with Crippen molar-refractivity contribution in [1.82, 2.24) is 29.4 Å². The third-order valence-corrected chi connectivity index (χ3v) is 6.03. The maximum Gasteiger partial charge on any atom is 0.159 e. The lowest BCUT2D eigenvalue weighted by Crippen LogP contribution is -2.32. The van der Waals surface area contributed by atoms with Crippen LogP contribution in [0.15, 0.2) is 24.5 Å². The molecule has 0 saturated heterocycles. The van der Waals surface area contributed by atoms with Gasteiger partial charge in [-0.25, -0.2) is 18.9 Å². The summed E-state index contributed by atoms with van der Waals surface area (Å²) >= 11 is 6.37. The highest BCUT2D eigenvalue weighted by Crippen LogP contribution is 2.36. The molecule has 0 N–H and O–H groups in total. The molecule has 4 heterocycles. The fourth-order valence-electron chi connectivity index (χ4n) is 4.29. The standard InChI is InChI=1S/C21H21ClFN7/c1-4-17-15-10-29(8-7-18(15)28(3)27-17)21-20-19(14-6-5-13(23)9-16(14)22)26-12(2)30(20)25-11-24-21/h5-6,9,11H,4,7-8,10H2,1-3H3. The minimum absolute atomic E-state index is 0.311. The molecule has 0 radical (unpaired) electrons. The Morgan fingerprint density at radius 3 is 2.87 bits per heavy atom. The van der Waals surface area contributed by atoms with Crippen LogP contribution in [0, 0.1) is 12.7 Å². The summed E-state index contributed by atoms with van der Waals surface area (Å²) in [5.74, 6) is 1.13. The van der Waals surface area contributed by atoms with Crippen molar-refractivity contribution in [3.63, 3.8) is 0 Å². The number of benzene rings is 1. The summed E-state index contributed by atoms with van der Waals surface area (Å²) in [5.41, 5.74) is 5.75. The molecule has 4 aromatic rings. The molecule has 154 valence electrons. The topological polar surface area (TPSA) is 64.1 Å². The quantitative estimate of drug-likeness (QED) is 0.500.